The minimum Gasteiger partial charge on any atom is -0.385 e. The molecule has 1 heterocycles. The number of nitrogens with zero attached hydrogens (tertiary/aromatic N) is 1. The first-order chi connectivity index (χ1) is 6.50. The molecule has 0 spiro atoms. The van der Waals surface area contributed by atoms with Gasteiger partial charge < -0.3 is 5.73 Å². The summed E-state index contributed by atoms with van der Waals surface area (Å²) in [5, 5.41) is 0. The van der Waals surface area contributed by atoms with E-state index < -0.39 is 11.2 Å². The van der Waals surface area contributed by atoms with E-state index in [4.69, 9.17) is 5.73 Å². The first-order valence-electron chi connectivity index (χ1n) is 4.60. The largest absolute Gasteiger partial charge is 0.385 e. The van der Waals surface area contributed by atoms with Gasteiger partial charge in [0.15, 0.2) is 0 Å². The van der Waals surface area contributed by atoms with Crippen molar-refractivity contribution in [2.75, 3.05) is 5.73 Å². The number of nitrogens with two attached hydrogens (primary N) is 1. The minimum absolute atomic E-state index is 0.222. The second-order valence-electron chi connectivity index (χ2n) is 3.70. The van der Waals surface area contributed by atoms with E-state index in [2.05, 4.69) is 18.8 Å². The molecule has 0 amide bonds. The molecule has 0 saturated carbocycles. The molecule has 0 aliphatic carbocycles. The zero-order chi connectivity index (χ0) is 10.7. The third-order valence-electron chi connectivity index (χ3n) is 2.00. The van der Waals surface area contributed by atoms with Crippen LogP contribution in [0.5, 0.6) is 0 Å². The molecular formula is C9H15N3O2. The monoisotopic (exact) mass is 197 g/mol. The van der Waals surface area contributed by atoms with Gasteiger partial charge in [0.2, 0.25) is 0 Å². The summed E-state index contributed by atoms with van der Waals surface area (Å²) in [5.74, 6) is 0.715. The van der Waals surface area contributed by atoms with Crippen molar-refractivity contribution in [2.45, 2.75) is 26.8 Å². The van der Waals surface area contributed by atoms with Gasteiger partial charge in [-0.15, -0.1) is 0 Å². The highest BCUT2D eigenvalue weighted by atomic mass is 16.2. The van der Waals surface area contributed by atoms with Gasteiger partial charge in [0, 0.05) is 12.6 Å². The van der Waals surface area contributed by atoms with Gasteiger partial charge in [-0.1, -0.05) is 13.8 Å². The number of hydrogen-bond acceptors (Lipinski definition) is 3. The van der Waals surface area contributed by atoms with Crippen LogP contribution in [0.1, 0.15) is 20.3 Å². The van der Waals surface area contributed by atoms with Crippen LogP contribution in [0.3, 0.4) is 0 Å². The van der Waals surface area contributed by atoms with Crippen LogP contribution in [0.4, 0.5) is 5.82 Å². The average Bonchev–Trinajstić information content (AvgIpc) is 2.01. The summed E-state index contributed by atoms with van der Waals surface area (Å²) in [7, 11) is 0. The Balaban J connectivity index is 2.98. The highest BCUT2D eigenvalue weighted by molar-refractivity contribution is 5.25. The Hall–Kier alpha value is -1.52. The number of hydrogen-bond donors (Lipinski definition) is 2. The van der Waals surface area contributed by atoms with Crippen LogP contribution in [0.25, 0.3) is 0 Å². The number of anilines is 1. The Kier molecular flexibility index (Phi) is 3.11. The topological polar surface area (TPSA) is 80.9 Å². The second kappa shape index (κ2) is 4.13. The van der Waals surface area contributed by atoms with E-state index in [1.54, 1.807) is 0 Å². The molecule has 0 aliphatic heterocycles. The first kappa shape index (κ1) is 10.6. The fourth-order valence-corrected chi connectivity index (χ4v) is 1.16. The van der Waals surface area contributed by atoms with Crippen LogP contribution in [0.2, 0.25) is 0 Å². The molecule has 1 aromatic heterocycles. The van der Waals surface area contributed by atoms with Gasteiger partial charge in [0.25, 0.3) is 5.56 Å². The molecule has 0 atom stereocenters. The fraction of sp³-hybridized carbons (Fsp3) is 0.556. The maximum atomic E-state index is 11.3. The summed E-state index contributed by atoms with van der Waals surface area (Å²) in [6, 6.07) is 1.22. The van der Waals surface area contributed by atoms with Crippen molar-refractivity contribution in [1.82, 2.24) is 9.55 Å². The van der Waals surface area contributed by atoms with Gasteiger partial charge in [0.1, 0.15) is 5.82 Å². The third kappa shape index (κ3) is 2.48. The summed E-state index contributed by atoms with van der Waals surface area (Å²) >= 11 is 0. The molecule has 0 fully saturated rings. The molecule has 0 saturated heterocycles. The number of nitrogen functional groups attached to an aromatic ring is 1. The maximum absolute atomic E-state index is 11.3. The van der Waals surface area contributed by atoms with Crippen molar-refractivity contribution in [2.24, 2.45) is 5.92 Å². The van der Waals surface area contributed by atoms with Crippen molar-refractivity contribution in [1.29, 1.82) is 0 Å². The Morgan fingerprint density at radius 1 is 1.50 bits per heavy atom. The standard InChI is InChI=1S/C9H15N3O2/c1-6(2)3-4-12-7(10)5-8(13)11-9(12)14/h5-6H,3-4,10H2,1-2H3,(H,11,13,14). The summed E-state index contributed by atoms with van der Waals surface area (Å²) < 4.78 is 1.38. The molecule has 1 rings (SSSR count). The SMILES string of the molecule is CC(C)CCn1c(N)cc(=O)[nH]c1=O. The lowest BCUT2D eigenvalue weighted by Crippen LogP contribution is -2.31. The van der Waals surface area contributed by atoms with Crippen LogP contribution >= 0.6 is 0 Å². The lowest BCUT2D eigenvalue weighted by molar-refractivity contribution is 0.505. The minimum atomic E-state index is -0.451. The van der Waals surface area contributed by atoms with Gasteiger partial charge in [-0.25, -0.2) is 4.79 Å². The molecule has 78 valence electrons. The van der Waals surface area contributed by atoms with Gasteiger partial charge in [-0.2, -0.15) is 0 Å². The predicted octanol–water partition coefficient (Wildman–Crippen LogP) is 0.165. The fourth-order valence-electron chi connectivity index (χ4n) is 1.16. The van der Waals surface area contributed by atoms with E-state index in [0.29, 0.717) is 12.5 Å². The Bertz CT molecular complexity index is 417. The van der Waals surface area contributed by atoms with Crippen molar-refractivity contribution < 1.29 is 0 Å². The smallest absolute Gasteiger partial charge is 0.329 e. The number of aromatic amines is 1. The molecule has 3 N–H and O–H groups in total. The van der Waals surface area contributed by atoms with E-state index in [-0.39, 0.29) is 5.82 Å². The first-order valence-corrected chi connectivity index (χ1v) is 4.60. The zero-order valence-electron chi connectivity index (χ0n) is 8.41. The van der Waals surface area contributed by atoms with Gasteiger partial charge in [-0.05, 0) is 12.3 Å². The Morgan fingerprint density at radius 3 is 2.64 bits per heavy atom. The number of nitrogens with one attached hydrogen (secondary N) is 1. The zero-order valence-corrected chi connectivity index (χ0v) is 8.41. The molecule has 0 unspecified atom stereocenters. The molecular weight excluding hydrogens is 182 g/mol. The molecule has 5 heteroatoms. The average molecular weight is 197 g/mol. The van der Waals surface area contributed by atoms with Crippen molar-refractivity contribution in [3.05, 3.63) is 26.9 Å². The Labute approximate surface area is 81.6 Å². The molecule has 0 bridgehead atoms. The van der Waals surface area contributed by atoms with Crippen LogP contribution in [-0.2, 0) is 6.54 Å². The second-order valence-corrected chi connectivity index (χ2v) is 3.70. The number of aromatic nitrogens is 2. The highest BCUT2D eigenvalue weighted by Gasteiger charge is 2.03. The van der Waals surface area contributed by atoms with Crippen LogP contribution < -0.4 is 17.0 Å². The number of rotatable bonds is 3. The van der Waals surface area contributed by atoms with E-state index >= 15 is 0 Å². The van der Waals surface area contributed by atoms with E-state index in [0.717, 1.165) is 6.42 Å². The molecule has 0 radical (unpaired) electrons. The molecule has 0 aliphatic rings. The highest BCUT2D eigenvalue weighted by Crippen LogP contribution is 2.02. The lowest BCUT2D eigenvalue weighted by Gasteiger charge is -2.09. The van der Waals surface area contributed by atoms with Crippen LogP contribution in [0, 0.1) is 5.92 Å². The van der Waals surface area contributed by atoms with Gasteiger partial charge in [-0.3, -0.25) is 14.3 Å². The molecule has 5 nitrogen and oxygen atoms in total. The lowest BCUT2D eigenvalue weighted by atomic mass is 10.1. The van der Waals surface area contributed by atoms with Crippen molar-refractivity contribution in [3.63, 3.8) is 0 Å². The summed E-state index contributed by atoms with van der Waals surface area (Å²) in [4.78, 5) is 24.3. The normalized spacial score (nSPS) is 10.8. The van der Waals surface area contributed by atoms with Crippen molar-refractivity contribution in [3.8, 4) is 0 Å². The Morgan fingerprint density at radius 2 is 2.14 bits per heavy atom. The maximum Gasteiger partial charge on any atom is 0.329 e. The predicted molar refractivity (Wildman–Crippen MR) is 55.2 cm³/mol. The van der Waals surface area contributed by atoms with E-state index in [1.165, 1.54) is 10.6 Å². The van der Waals surface area contributed by atoms with E-state index in [1.807, 2.05) is 0 Å². The number of H-pyrrole nitrogens is 1. The quantitative estimate of drug-likeness (QED) is 0.724. The summed E-state index contributed by atoms with van der Waals surface area (Å²) in [5.41, 5.74) is 4.67. The van der Waals surface area contributed by atoms with Gasteiger partial charge in [0.05, 0.1) is 0 Å². The molecule has 0 aromatic carbocycles. The molecule has 14 heavy (non-hydrogen) atoms. The van der Waals surface area contributed by atoms with Crippen molar-refractivity contribution >= 4 is 5.82 Å². The third-order valence-corrected chi connectivity index (χ3v) is 2.00. The summed E-state index contributed by atoms with van der Waals surface area (Å²) in [6.07, 6.45) is 0.857. The van der Waals surface area contributed by atoms with Crippen LogP contribution in [0.15, 0.2) is 15.7 Å². The molecule has 1 aromatic rings. The van der Waals surface area contributed by atoms with Crippen LogP contribution in [-0.4, -0.2) is 9.55 Å². The van der Waals surface area contributed by atoms with E-state index in [9.17, 15) is 9.59 Å². The summed E-state index contributed by atoms with van der Waals surface area (Å²) in [6.45, 7) is 4.67. The van der Waals surface area contributed by atoms with Gasteiger partial charge >= 0.3 is 5.69 Å².